The van der Waals surface area contributed by atoms with Gasteiger partial charge in [0.05, 0.1) is 6.61 Å². The standard InChI is InChI=1S/C13H14O6/c1-3-16-13(15)12(8(2)14)18-10-5-4-9-7-17-19-11(9)6-10/h4-6,12H,3,7H2,1-2H3. The average molecular weight is 266 g/mol. The highest BCUT2D eigenvalue weighted by molar-refractivity contribution is 6.01. The van der Waals surface area contributed by atoms with Crippen LogP contribution in [0.1, 0.15) is 19.4 Å². The molecule has 1 aromatic carbocycles. The number of esters is 1. The lowest BCUT2D eigenvalue weighted by atomic mass is 10.2. The maximum Gasteiger partial charge on any atom is 0.355 e. The Hall–Kier alpha value is -2.08. The van der Waals surface area contributed by atoms with Gasteiger partial charge in [0.2, 0.25) is 0 Å². The fourth-order valence-corrected chi connectivity index (χ4v) is 1.61. The number of carbonyl (C=O) groups is 2. The summed E-state index contributed by atoms with van der Waals surface area (Å²) in [6.45, 7) is 3.49. The average Bonchev–Trinajstić information content (AvgIpc) is 2.83. The Morgan fingerprint density at radius 2 is 2.21 bits per heavy atom. The molecule has 6 heteroatoms. The van der Waals surface area contributed by atoms with Gasteiger partial charge in [0.15, 0.2) is 11.5 Å². The molecule has 0 radical (unpaired) electrons. The Kier molecular flexibility index (Phi) is 4.01. The van der Waals surface area contributed by atoms with Crippen molar-refractivity contribution in [3.8, 4) is 11.5 Å². The van der Waals surface area contributed by atoms with Crippen LogP contribution in [-0.4, -0.2) is 24.5 Å². The van der Waals surface area contributed by atoms with Crippen LogP contribution in [0.25, 0.3) is 0 Å². The van der Waals surface area contributed by atoms with E-state index in [0.717, 1.165) is 5.56 Å². The third-order valence-corrected chi connectivity index (χ3v) is 2.53. The summed E-state index contributed by atoms with van der Waals surface area (Å²) < 4.78 is 10.1. The van der Waals surface area contributed by atoms with E-state index in [4.69, 9.17) is 19.2 Å². The molecule has 0 N–H and O–H groups in total. The topological polar surface area (TPSA) is 71.1 Å². The van der Waals surface area contributed by atoms with Gasteiger partial charge >= 0.3 is 5.97 Å². The summed E-state index contributed by atoms with van der Waals surface area (Å²) in [5, 5.41) is 0. The van der Waals surface area contributed by atoms with E-state index in [9.17, 15) is 9.59 Å². The van der Waals surface area contributed by atoms with Crippen LogP contribution >= 0.6 is 0 Å². The van der Waals surface area contributed by atoms with Gasteiger partial charge in [-0.3, -0.25) is 4.79 Å². The molecule has 102 valence electrons. The molecule has 0 aliphatic carbocycles. The number of hydrogen-bond donors (Lipinski definition) is 0. The summed E-state index contributed by atoms with van der Waals surface area (Å²) in [5.41, 5.74) is 0.878. The predicted molar refractivity (Wildman–Crippen MR) is 63.6 cm³/mol. The van der Waals surface area contributed by atoms with Crippen molar-refractivity contribution in [1.29, 1.82) is 0 Å². The Labute approximate surface area is 110 Å². The van der Waals surface area contributed by atoms with Gasteiger partial charge in [-0.15, -0.1) is 0 Å². The van der Waals surface area contributed by atoms with Crippen molar-refractivity contribution in [2.75, 3.05) is 6.61 Å². The molecule has 19 heavy (non-hydrogen) atoms. The molecule has 1 aliphatic rings. The predicted octanol–water partition coefficient (Wildman–Crippen LogP) is 1.41. The van der Waals surface area contributed by atoms with Crippen LogP contribution in [0.15, 0.2) is 18.2 Å². The summed E-state index contributed by atoms with van der Waals surface area (Å²) in [4.78, 5) is 32.7. The van der Waals surface area contributed by atoms with Crippen LogP contribution in [0.2, 0.25) is 0 Å². The molecule has 0 bridgehead atoms. The van der Waals surface area contributed by atoms with Gasteiger partial charge in [0.1, 0.15) is 12.4 Å². The van der Waals surface area contributed by atoms with Gasteiger partial charge in [-0.05, 0) is 26.0 Å². The number of hydrogen-bond acceptors (Lipinski definition) is 6. The third-order valence-electron chi connectivity index (χ3n) is 2.53. The molecular weight excluding hydrogens is 252 g/mol. The summed E-state index contributed by atoms with van der Waals surface area (Å²) in [5.74, 6) is -0.259. The van der Waals surface area contributed by atoms with Crippen molar-refractivity contribution in [3.63, 3.8) is 0 Å². The number of ketones is 1. The highest BCUT2D eigenvalue weighted by atomic mass is 17.2. The third kappa shape index (κ3) is 3.03. The van der Waals surface area contributed by atoms with Gasteiger partial charge in [0.25, 0.3) is 6.10 Å². The van der Waals surface area contributed by atoms with Gasteiger partial charge < -0.3 is 14.4 Å². The quantitative estimate of drug-likeness (QED) is 0.456. The second kappa shape index (κ2) is 5.71. The Bertz CT molecular complexity index is 496. The number of fused-ring (bicyclic) bond motifs is 1. The first kappa shape index (κ1) is 13.4. The van der Waals surface area contributed by atoms with Gasteiger partial charge in [0, 0.05) is 11.6 Å². The fraction of sp³-hybridized carbons (Fsp3) is 0.385. The van der Waals surface area contributed by atoms with Crippen molar-refractivity contribution >= 4 is 11.8 Å². The van der Waals surface area contributed by atoms with E-state index in [2.05, 4.69) is 0 Å². The first-order valence-corrected chi connectivity index (χ1v) is 5.88. The summed E-state index contributed by atoms with van der Waals surface area (Å²) in [6.07, 6.45) is -1.26. The van der Waals surface area contributed by atoms with Gasteiger partial charge in [-0.25, -0.2) is 4.79 Å². The molecule has 0 aromatic heterocycles. The lowest BCUT2D eigenvalue weighted by Gasteiger charge is -2.15. The molecule has 1 aromatic rings. The maximum atomic E-state index is 11.6. The molecule has 1 heterocycles. The van der Waals surface area contributed by atoms with E-state index < -0.39 is 17.9 Å². The molecule has 1 unspecified atom stereocenters. The lowest BCUT2D eigenvalue weighted by Crippen LogP contribution is -2.35. The van der Waals surface area contributed by atoms with Crippen LogP contribution in [0.5, 0.6) is 11.5 Å². The Morgan fingerprint density at radius 1 is 1.42 bits per heavy atom. The highest BCUT2D eigenvalue weighted by Gasteiger charge is 2.27. The zero-order valence-electron chi connectivity index (χ0n) is 10.7. The number of carbonyl (C=O) groups excluding carboxylic acids is 2. The van der Waals surface area contributed by atoms with Crippen LogP contribution in [-0.2, 0) is 25.8 Å². The molecule has 6 nitrogen and oxygen atoms in total. The molecule has 1 atom stereocenters. The van der Waals surface area contributed by atoms with E-state index in [1.54, 1.807) is 25.1 Å². The SMILES string of the molecule is CCOC(=O)C(Oc1ccc2c(c1)OOC2)C(C)=O. The maximum absolute atomic E-state index is 11.6. The van der Waals surface area contributed by atoms with Crippen LogP contribution in [0, 0.1) is 0 Å². The second-order valence-corrected chi connectivity index (χ2v) is 3.98. The first-order chi connectivity index (χ1) is 9.11. The number of ether oxygens (including phenoxy) is 2. The normalized spacial score (nSPS) is 14.2. The van der Waals surface area contributed by atoms with E-state index in [1.807, 2.05) is 0 Å². The summed E-state index contributed by atoms with van der Waals surface area (Å²) in [7, 11) is 0. The number of rotatable bonds is 5. The van der Waals surface area contributed by atoms with E-state index in [1.165, 1.54) is 6.92 Å². The number of benzene rings is 1. The highest BCUT2D eigenvalue weighted by Crippen LogP contribution is 2.30. The van der Waals surface area contributed by atoms with Crippen LogP contribution < -0.4 is 9.62 Å². The fourth-order valence-electron chi connectivity index (χ4n) is 1.61. The molecule has 1 aliphatic heterocycles. The smallest absolute Gasteiger partial charge is 0.355 e. The molecule has 0 saturated carbocycles. The van der Waals surface area contributed by atoms with Crippen LogP contribution in [0.4, 0.5) is 0 Å². The summed E-state index contributed by atoms with van der Waals surface area (Å²) >= 11 is 0. The van der Waals surface area contributed by atoms with E-state index >= 15 is 0 Å². The summed E-state index contributed by atoms with van der Waals surface area (Å²) in [6, 6.07) is 4.96. The van der Waals surface area contributed by atoms with Gasteiger partial charge in [-0.2, -0.15) is 4.89 Å². The first-order valence-electron chi connectivity index (χ1n) is 5.88. The molecule has 0 saturated heterocycles. The van der Waals surface area contributed by atoms with E-state index in [0.29, 0.717) is 18.1 Å². The lowest BCUT2D eigenvalue weighted by molar-refractivity contribution is -0.194. The van der Waals surface area contributed by atoms with Crippen LogP contribution in [0.3, 0.4) is 0 Å². The molecule has 0 amide bonds. The number of Topliss-reactive ketones (excluding diaryl/α,β-unsaturated/α-hetero) is 1. The van der Waals surface area contributed by atoms with Crippen molar-refractivity contribution in [2.45, 2.75) is 26.6 Å². The Morgan fingerprint density at radius 3 is 2.89 bits per heavy atom. The second-order valence-electron chi connectivity index (χ2n) is 3.98. The zero-order chi connectivity index (χ0) is 13.8. The zero-order valence-corrected chi connectivity index (χ0v) is 10.7. The molecular formula is C13H14O6. The minimum absolute atomic E-state index is 0.188. The molecule has 0 spiro atoms. The Balaban J connectivity index is 2.13. The largest absolute Gasteiger partial charge is 0.471 e. The molecule has 2 rings (SSSR count). The minimum atomic E-state index is -1.26. The van der Waals surface area contributed by atoms with Crippen molar-refractivity contribution in [3.05, 3.63) is 23.8 Å². The van der Waals surface area contributed by atoms with Crippen molar-refractivity contribution < 1.29 is 28.8 Å². The van der Waals surface area contributed by atoms with Crippen molar-refractivity contribution in [2.24, 2.45) is 0 Å². The van der Waals surface area contributed by atoms with E-state index in [-0.39, 0.29) is 6.61 Å². The molecule has 0 fully saturated rings. The minimum Gasteiger partial charge on any atom is -0.471 e. The van der Waals surface area contributed by atoms with Gasteiger partial charge in [-0.1, -0.05) is 0 Å². The monoisotopic (exact) mass is 266 g/mol. The van der Waals surface area contributed by atoms with Crippen molar-refractivity contribution in [1.82, 2.24) is 0 Å².